The van der Waals surface area contributed by atoms with Crippen LogP contribution in [0, 0.1) is 6.92 Å². The zero-order chi connectivity index (χ0) is 26.9. The van der Waals surface area contributed by atoms with E-state index in [1.165, 1.54) is 4.90 Å². The van der Waals surface area contributed by atoms with Crippen molar-refractivity contribution >= 4 is 23.9 Å². The first-order chi connectivity index (χ1) is 17.0. The number of aliphatic hydroxyl groups is 1. The van der Waals surface area contributed by atoms with Crippen molar-refractivity contribution < 1.29 is 33.8 Å². The van der Waals surface area contributed by atoms with Crippen LogP contribution in [-0.4, -0.2) is 71.3 Å². The third-order valence-corrected chi connectivity index (χ3v) is 5.75. The summed E-state index contributed by atoms with van der Waals surface area (Å²) in [6, 6.07) is 4.70. The van der Waals surface area contributed by atoms with E-state index in [0.29, 0.717) is 18.4 Å². The van der Waals surface area contributed by atoms with E-state index in [2.05, 4.69) is 10.6 Å². The third-order valence-electron chi connectivity index (χ3n) is 5.75. The average molecular weight is 506 g/mol. The summed E-state index contributed by atoms with van der Waals surface area (Å²) in [7, 11) is 0. The van der Waals surface area contributed by atoms with E-state index in [9.17, 15) is 24.3 Å². The van der Waals surface area contributed by atoms with Gasteiger partial charge in [0.1, 0.15) is 17.7 Å². The largest absolute Gasteiger partial charge is 0.466 e. The smallest absolute Gasteiger partial charge is 0.408 e. The van der Waals surface area contributed by atoms with E-state index in [1.807, 2.05) is 19.1 Å². The zero-order valence-electron chi connectivity index (χ0n) is 21.8. The quantitative estimate of drug-likeness (QED) is 0.393. The lowest BCUT2D eigenvalue weighted by molar-refractivity contribution is -0.148. The van der Waals surface area contributed by atoms with Crippen molar-refractivity contribution in [2.24, 2.45) is 0 Å². The molecule has 3 amide bonds. The minimum absolute atomic E-state index is 0.00294. The van der Waals surface area contributed by atoms with Crippen LogP contribution in [-0.2, 0) is 23.9 Å². The molecule has 0 heterocycles. The monoisotopic (exact) mass is 505 g/mol. The predicted molar refractivity (Wildman–Crippen MR) is 133 cm³/mol. The fourth-order valence-corrected chi connectivity index (χ4v) is 3.80. The molecule has 1 saturated carbocycles. The number of rotatable bonds is 11. The van der Waals surface area contributed by atoms with E-state index in [-0.39, 0.29) is 25.6 Å². The van der Waals surface area contributed by atoms with Crippen LogP contribution in [0.4, 0.5) is 4.79 Å². The molecule has 2 atom stereocenters. The molecule has 10 nitrogen and oxygen atoms in total. The minimum Gasteiger partial charge on any atom is -0.466 e. The first kappa shape index (κ1) is 29.1. The van der Waals surface area contributed by atoms with Crippen molar-refractivity contribution in [3.63, 3.8) is 0 Å². The Bertz CT molecular complexity index is 907. The number of ether oxygens (including phenoxy) is 2. The first-order valence-electron chi connectivity index (χ1n) is 12.4. The van der Waals surface area contributed by atoms with Gasteiger partial charge in [-0.15, -0.1) is 0 Å². The summed E-state index contributed by atoms with van der Waals surface area (Å²) in [4.78, 5) is 52.7. The molecule has 2 unspecified atom stereocenters. The number of carbonyl (C=O) groups excluding carboxylic acids is 4. The van der Waals surface area contributed by atoms with Crippen LogP contribution in [0.2, 0.25) is 0 Å². The molecule has 0 bridgehead atoms. The van der Waals surface area contributed by atoms with Crippen LogP contribution in [0.25, 0.3) is 0 Å². The van der Waals surface area contributed by atoms with Crippen LogP contribution < -0.4 is 10.6 Å². The maximum atomic E-state index is 13.7. The molecule has 0 aliphatic heterocycles. The van der Waals surface area contributed by atoms with Gasteiger partial charge in [-0.05, 0) is 59.4 Å². The van der Waals surface area contributed by atoms with Crippen LogP contribution in [0.15, 0.2) is 24.3 Å². The molecule has 36 heavy (non-hydrogen) atoms. The van der Waals surface area contributed by atoms with Gasteiger partial charge >= 0.3 is 12.1 Å². The zero-order valence-corrected chi connectivity index (χ0v) is 21.8. The summed E-state index contributed by atoms with van der Waals surface area (Å²) >= 11 is 0. The van der Waals surface area contributed by atoms with Gasteiger partial charge in [-0.25, -0.2) is 4.79 Å². The molecule has 3 N–H and O–H groups in total. The second-order valence-electron chi connectivity index (χ2n) is 9.87. The third kappa shape index (κ3) is 8.51. The van der Waals surface area contributed by atoms with Crippen molar-refractivity contribution in [1.82, 2.24) is 15.5 Å². The second-order valence-corrected chi connectivity index (χ2v) is 9.87. The molecule has 0 radical (unpaired) electrons. The number of hydrogen-bond acceptors (Lipinski definition) is 7. The van der Waals surface area contributed by atoms with Crippen molar-refractivity contribution in [1.29, 1.82) is 0 Å². The molecular formula is C26H39N3O7. The lowest BCUT2D eigenvalue weighted by Crippen LogP contribution is -2.58. The SMILES string of the molecule is CCOC(=O)CCNC(=O)C(c1ccc(C)cc1)N(C(=O)C(CO)NC(=O)OC(C)(C)C)C1CCC1. The maximum absolute atomic E-state index is 13.7. The molecule has 0 saturated heterocycles. The number of benzene rings is 1. The lowest BCUT2D eigenvalue weighted by Gasteiger charge is -2.43. The topological polar surface area (TPSA) is 134 Å². The molecule has 1 aromatic carbocycles. The standard InChI is InChI=1S/C26H39N3O7/c1-6-35-21(31)14-15-27-23(32)22(18-12-10-17(2)11-13-18)29(19-8-7-9-19)24(33)20(16-30)28-25(34)36-26(3,4)5/h10-13,19-20,22,30H,6-9,14-16H2,1-5H3,(H,27,32)(H,28,34). The maximum Gasteiger partial charge on any atom is 0.408 e. The molecular weight excluding hydrogens is 466 g/mol. The molecule has 1 aromatic rings. The predicted octanol–water partition coefficient (Wildman–Crippen LogP) is 2.37. The van der Waals surface area contributed by atoms with E-state index >= 15 is 0 Å². The minimum atomic E-state index is -1.29. The number of carbonyl (C=O) groups is 4. The summed E-state index contributed by atoms with van der Waals surface area (Å²) in [5.74, 6) is -1.48. The number of aryl methyl sites for hydroxylation is 1. The molecule has 200 valence electrons. The Morgan fingerprint density at radius 3 is 2.28 bits per heavy atom. The number of alkyl carbamates (subject to hydrolysis) is 1. The molecule has 10 heteroatoms. The van der Waals surface area contributed by atoms with Crippen molar-refractivity contribution in [2.45, 2.75) is 84.0 Å². The number of esters is 1. The fraction of sp³-hybridized carbons (Fsp3) is 0.615. The van der Waals surface area contributed by atoms with E-state index < -0.39 is 48.2 Å². The van der Waals surface area contributed by atoms with Gasteiger partial charge in [-0.1, -0.05) is 29.8 Å². The Balaban J connectivity index is 2.33. The van der Waals surface area contributed by atoms with Gasteiger partial charge in [0.2, 0.25) is 11.8 Å². The van der Waals surface area contributed by atoms with Gasteiger partial charge in [-0.2, -0.15) is 0 Å². The highest BCUT2D eigenvalue weighted by Crippen LogP contribution is 2.33. The number of aliphatic hydroxyl groups excluding tert-OH is 1. The van der Waals surface area contributed by atoms with E-state index in [4.69, 9.17) is 9.47 Å². The molecule has 1 aliphatic rings. The Morgan fingerprint density at radius 1 is 1.14 bits per heavy atom. The second kappa shape index (κ2) is 13.2. The average Bonchev–Trinajstić information content (AvgIpc) is 2.75. The normalized spacial score (nSPS) is 15.2. The summed E-state index contributed by atoms with van der Waals surface area (Å²) in [5.41, 5.74) is 0.786. The fourth-order valence-electron chi connectivity index (χ4n) is 3.80. The van der Waals surface area contributed by atoms with E-state index in [1.54, 1.807) is 39.8 Å². The van der Waals surface area contributed by atoms with Crippen molar-refractivity contribution in [3.05, 3.63) is 35.4 Å². The highest BCUT2D eigenvalue weighted by molar-refractivity contribution is 5.92. The Kier molecular flexibility index (Phi) is 10.7. The Morgan fingerprint density at radius 2 is 1.78 bits per heavy atom. The number of nitrogens with one attached hydrogen (secondary N) is 2. The highest BCUT2D eigenvalue weighted by atomic mass is 16.6. The molecule has 2 rings (SSSR count). The van der Waals surface area contributed by atoms with Gasteiger partial charge in [0.15, 0.2) is 0 Å². The van der Waals surface area contributed by atoms with Crippen LogP contribution in [0.5, 0.6) is 0 Å². The lowest BCUT2D eigenvalue weighted by atomic mass is 9.88. The van der Waals surface area contributed by atoms with Gasteiger partial charge in [0.25, 0.3) is 0 Å². The summed E-state index contributed by atoms with van der Waals surface area (Å²) < 4.78 is 10.2. The van der Waals surface area contributed by atoms with Gasteiger partial charge < -0.3 is 30.1 Å². The van der Waals surface area contributed by atoms with Gasteiger partial charge in [-0.3, -0.25) is 14.4 Å². The van der Waals surface area contributed by atoms with Crippen molar-refractivity contribution in [2.75, 3.05) is 19.8 Å². The molecule has 1 fully saturated rings. The molecule has 0 aromatic heterocycles. The highest BCUT2D eigenvalue weighted by Gasteiger charge is 2.41. The molecule has 1 aliphatic carbocycles. The van der Waals surface area contributed by atoms with Crippen LogP contribution >= 0.6 is 0 Å². The van der Waals surface area contributed by atoms with Crippen molar-refractivity contribution in [3.8, 4) is 0 Å². The summed E-state index contributed by atoms with van der Waals surface area (Å²) in [5, 5.41) is 15.2. The van der Waals surface area contributed by atoms with Gasteiger partial charge in [0, 0.05) is 12.6 Å². The van der Waals surface area contributed by atoms with Gasteiger partial charge in [0.05, 0.1) is 19.6 Å². The number of amides is 3. The van der Waals surface area contributed by atoms with Crippen LogP contribution in [0.1, 0.15) is 70.5 Å². The van der Waals surface area contributed by atoms with Crippen LogP contribution in [0.3, 0.4) is 0 Å². The number of hydrogen-bond donors (Lipinski definition) is 3. The Hall–Kier alpha value is -3.14. The number of nitrogens with zero attached hydrogens (tertiary/aromatic N) is 1. The summed E-state index contributed by atoms with van der Waals surface area (Å²) in [6.07, 6.45) is 1.43. The first-order valence-corrected chi connectivity index (χ1v) is 12.4. The molecule has 0 spiro atoms. The summed E-state index contributed by atoms with van der Waals surface area (Å²) in [6.45, 7) is 8.33. The Labute approximate surface area is 212 Å². The van der Waals surface area contributed by atoms with E-state index in [0.717, 1.165) is 12.0 Å².